The first-order chi connectivity index (χ1) is 10.2. The number of ether oxygens (including phenoxy) is 1. The molecule has 1 aromatic heterocycles. The van der Waals surface area contributed by atoms with Crippen molar-refractivity contribution in [1.82, 2.24) is 0 Å². The van der Waals surface area contributed by atoms with Crippen LogP contribution in [0.4, 0.5) is 15.1 Å². The lowest BCUT2D eigenvalue weighted by Gasteiger charge is -2.19. The summed E-state index contributed by atoms with van der Waals surface area (Å²) in [6.45, 7) is 4.98. The molecule has 6 nitrogen and oxygen atoms in total. The van der Waals surface area contributed by atoms with E-state index in [0.717, 1.165) is 12.1 Å². The van der Waals surface area contributed by atoms with E-state index in [1.165, 1.54) is 6.07 Å². The van der Waals surface area contributed by atoms with Crippen LogP contribution in [0.15, 0.2) is 27.4 Å². The number of benzene rings is 1. The minimum Gasteiger partial charge on any atom is -0.444 e. The van der Waals surface area contributed by atoms with Gasteiger partial charge in [-0.2, -0.15) is 0 Å². The van der Waals surface area contributed by atoms with Crippen LogP contribution in [0, 0.1) is 5.82 Å². The average Bonchev–Trinajstić information content (AvgIpc) is 2.38. The Labute approximate surface area is 124 Å². The molecule has 1 aromatic carbocycles. The second-order valence-corrected chi connectivity index (χ2v) is 5.56. The first-order valence-electron chi connectivity index (χ1n) is 6.43. The summed E-state index contributed by atoms with van der Waals surface area (Å²) in [7, 11) is 0. The molecular formula is C15H14FNO5. The number of aldehydes is 1. The summed E-state index contributed by atoms with van der Waals surface area (Å²) in [4.78, 5) is 35.0. The SMILES string of the molecule is CC(C)(C)OC(=O)Nc1oc2ccc(F)cc2c(=O)c1C=O. The van der Waals surface area contributed by atoms with Crippen molar-refractivity contribution in [2.45, 2.75) is 26.4 Å². The maximum atomic E-state index is 13.2. The Morgan fingerprint density at radius 3 is 2.64 bits per heavy atom. The van der Waals surface area contributed by atoms with Gasteiger partial charge in [-0.1, -0.05) is 0 Å². The third-order valence-electron chi connectivity index (χ3n) is 2.62. The summed E-state index contributed by atoms with van der Waals surface area (Å²) in [5.41, 5.74) is -1.86. The third kappa shape index (κ3) is 3.30. The van der Waals surface area contributed by atoms with E-state index in [1.807, 2.05) is 0 Å². The number of anilines is 1. The summed E-state index contributed by atoms with van der Waals surface area (Å²) >= 11 is 0. The van der Waals surface area contributed by atoms with Crippen LogP contribution < -0.4 is 10.7 Å². The number of halogens is 1. The topological polar surface area (TPSA) is 85.6 Å². The predicted octanol–water partition coefficient (Wildman–Crippen LogP) is 3.09. The van der Waals surface area contributed by atoms with Crippen LogP contribution in [0.3, 0.4) is 0 Å². The van der Waals surface area contributed by atoms with E-state index in [0.29, 0.717) is 0 Å². The summed E-state index contributed by atoms with van der Waals surface area (Å²) in [6, 6.07) is 3.30. The van der Waals surface area contributed by atoms with E-state index in [9.17, 15) is 18.8 Å². The Balaban J connectivity index is 2.50. The zero-order chi connectivity index (χ0) is 16.5. The van der Waals surface area contributed by atoms with Gasteiger partial charge in [0.15, 0.2) is 6.29 Å². The van der Waals surface area contributed by atoms with Crippen LogP contribution in [0.5, 0.6) is 0 Å². The van der Waals surface area contributed by atoms with Gasteiger partial charge in [-0.3, -0.25) is 14.9 Å². The maximum Gasteiger partial charge on any atom is 0.414 e. The van der Waals surface area contributed by atoms with Gasteiger partial charge in [0.1, 0.15) is 22.6 Å². The lowest BCUT2D eigenvalue weighted by molar-refractivity contribution is 0.0632. The fourth-order valence-electron chi connectivity index (χ4n) is 1.78. The summed E-state index contributed by atoms with van der Waals surface area (Å²) < 4.78 is 23.5. The fourth-order valence-corrected chi connectivity index (χ4v) is 1.78. The zero-order valence-electron chi connectivity index (χ0n) is 12.2. The van der Waals surface area contributed by atoms with Crippen LogP contribution in [0.1, 0.15) is 31.1 Å². The molecule has 0 fully saturated rings. The number of amides is 1. The molecule has 1 heterocycles. The van der Waals surface area contributed by atoms with Crippen molar-refractivity contribution >= 4 is 29.2 Å². The van der Waals surface area contributed by atoms with Crippen LogP contribution in [-0.4, -0.2) is 18.0 Å². The number of rotatable bonds is 2. The third-order valence-corrected chi connectivity index (χ3v) is 2.62. The van der Waals surface area contributed by atoms with Gasteiger partial charge >= 0.3 is 6.09 Å². The molecule has 1 N–H and O–H groups in total. The van der Waals surface area contributed by atoms with Gasteiger partial charge in [0.25, 0.3) is 0 Å². The molecule has 22 heavy (non-hydrogen) atoms. The van der Waals surface area contributed by atoms with E-state index in [1.54, 1.807) is 20.8 Å². The van der Waals surface area contributed by atoms with Crippen LogP contribution in [0.2, 0.25) is 0 Å². The minimum absolute atomic E-state index is 0.0445. The van der Waals surface area contributed by atoms with E-state index in [-0.39, 0.29) is 23.1 Å². The minimum atomic E-state index is -0.875. The number of hydrogen-bond acceptors (Lipinski definition) is 5. The first kappa shape index (κ1) is 15.7. The number of carbonyl (C=O) groups is 2. The molecule has 0 atom stereocenters. The molecule has 0 unspecified atom stereocenters. The van der Waals surface area contributed by atoms with Crippen molar-refractivity contribution in [2.75, 3.05) is 5.32 Å². The molecule has 7 heteroatoms. The Bertz CT molecular complexity index is 804. The van der Waals surface area contributed by atoms with Gasteiger partial charge in [0, 0.05) is 0 Å². The monoisotopic (exact) mass is 307 g/mol. The van der Waals surface area contributed by atoms with Crippen LogP contribution in [0.25, 0.3) is 11.0 Å². The van der Waals surface area contributed by atoms with E-state index < -0.39 is 28.5 Å². The standard InChI is InChI=1S/C15H14FNO5/c1-15(2,3)22-14(20)17-13-10(7-18)12(19)9-6-8(16)4-5-11(9)21-13/h4-7H,1-3H3,(H,17,20). The maximum absolute atomic E-state index is 13.2. The summed E-state index contributed by atoms with van der Waals surface area (Å²) in [5.74, 6) is -0.974. The highest BCUT2D eigenvalue weighted by atomic mass is 19.1. The quantitative estimate of drug-likeness (QED) is 0.862. The van der Waals surface area contributed by atoms with Crippen molar-refractivity contribution in [3.8, 4) is 0 Å². The number of fused-ring (bicyclic) bond motifs is 1. The second-order valence-electron chi connectivity index (χ2n) is 5.56. The van der Waals surface area contributed by atoms with Crippen molar-refractivity contribution in [3.05, 3.63) is 39.8 Å². The van der Waals surface area contributed by atoms with E-state index in [2.05, 4.69) is 5.32 Å². The zero-order valence-corrected chi connectivity index (χ0v) is 12.2. The van der Waals surface area contributed by atoms with Gasteiger partial charge < -0.3 is 9.15 Å². The summed E-state index contributed by atoms with van der Waals surface area (Å²) in [6.07, 6.45) is -0.636. The normalized spacial score (nSPS) is 11.3. The lowest BCUT2D eigenvalue weighted by Crippen LogP contribution is -2.28. The molecular weight excluding hydrogens is 293 g/mol. The molecule has 0 radical (unpaired) electrons. The van der Waals surface area contributed by atoms with Crippen molar-refractivity contribution < 1.29 is 23.1 Å². The molecule has 1 amide bonds. The van der Waals surface area contributed by atoms with Gasteiger partial charge in [-0.15, -0.1) is 0 Å². The predicted molar refractivity (Wildman–Crippen MR) is 77.7 cm³/mol. The molecule has 2 aromatic rings. The van der Waals surface area contributed by atoms with Gasteiger partial charge in [0.05, 0.1) is 5.39 Å². The van der Waals surface area contributed by atoms with Gasteiger partial charge in [0.2, 0.25) is 11.3 Å². The molecule has 0 aliphatic rings. The molecule has 0 spiro atoms. The molecule has 0 bridgehead atoms. The smallest absolute Gasteiger partial charge is 0.414 e. The van der Waals surface area contributed by atoms with Crippen LogP contribution in [-0.2, 0) is 4.74 Å². The number of carbonyl (C=O) groups excluding carboxylic acids is 2. The Morgan fingerprint density at radius 1 is 1.36 bits per heavy atom. The Morgan fingerprint density at radius 2 is 2.05 bits per heavy atom. The Kier molecular flexibility index (Phi) is 3.99. The number of nitrogens with one attached hydrogen (secondary N) is 1. The fraction of sp³-hybridized carbons (Fsp3) is 0.267. The van der Waals surface area contributed by atoms with Crippen molar-refractivity contribution in [3.63, 3.8) is 0 Å². The second kappa shape index (κ2) is 5.59. The van der Waals surface area contributed by atoms with Crippen molar-refractivity contribution in [1.29, 1.82) is 0 Å². The highest BCUT2D eigenvalue weighted by molar-refractivity contribution is 5.94. The lowest BCUT2D eigenvalue weighted by atomic mass is 10.1. The highest BCUT2D eigenvalue weighted by Crippen LogP contribution is 2.20. The molecule has 116 valence electrons. The molecule has 0 aliphatic carbocycles. The molecule has 0 saturated carbocycles. The molecule has 0 aliphatic heterocycles. The van der Waals surface area contributed by atoms with E-state index in [4.69, 9.17) is 9.15 Å². The first-order valence-corrected chi connectivity index (χ1v) is 6.43. The van der Waals surface area contributed by atoms with Gasteiger partial charge in [-0.05, 0) is 39.0 Å². The van der Waals surface area contributed by atoms with Crippen LogP contribution >= 0.6 is 0 Å². The Hall–Kier alpha value is -2.70. The van der Waals surface area contributed by atoms with E-state index >= 15 is 0 Å². The van der Waals surface area contributed by atoms with Crippen molar-refractivity contribution in [2.24, 2.45) is 0 Å². The average molecular weight is 307 g/mol. The molecule has 2 rings (SSSR count). The number of hydrogen-bond donors (Lipinski definition) is 1. The molecule has 0 saturated heterocycles. The highest BCUT2D eigenvalue weighted by Gasteiger charge is 2.20. The van der Waals surface area contributed by atoms with Gasteiger partial charge in [-0.25, -0.2) is 9.18 Å². The summed E-state index contributed by atoms with van der Waals surface area (Å²) in [5, 5.41) is 2.13. The largest absolute Gasteiger partial charge is 0.444 e.